The Balaban J connectivity index is 2.69. The number of carbonyl (C=O) groups excluding carboxylic acids is 1. The van der Waals surface area contributed by atoms with E-state index in [9.17, 15) is 4.79 Å². The quantitative estimate of drug-likeness (QED) is 0.859. The van der Waals surface area contributed by atoms with Gasteiger partial charge < -0.3 is 10.1 Å². The lowest BCUT2D eigenvalue weighted by molar-refractivity contribution is 0.0905. The molecule has 0 heterocycles. The summed E-state index contributed by atoms with van der Waals surface area (Å²) in [5.41, 5.74) is 1.81. The molecule has 0 radical (unpaired) electrons. The van der Waals surface area contributed by atoms with E-state index in [1.807, 2.05) is 32.0 Å². The van der Waals surface area contributed by atoms with Gasteiger partial charge in [-0.05, 0) is 60.2 Å². The Kier molecular flexibility index (Phi) is 5.21. The number of nitrogens with one attached hydrogen (secondary N) is 1. The number of benzene rings is 1. The zero-order chi connectivity index (χ0) is 12.1. The fourth-order valence-electron chi connectivity index (χ4n) is 1.38. The van der Waals surface area contributed by atoms with Crippen molar-refractivity contribution in [3.8, 4) is 0 Å². The monoisotopic (exact) mass is 333 g/mol. The minimum atomic E-state index is -0.0518. The Bertz CT molecular complexity index is 379. The van der Waals surface area contributed by atoms with E-state index >= 15 is 0 Å². The first-order chi connectivity index (χ1) is 7.54. The van der Waals surface area contributed by atoms with Gasteiger partial charge >= 0.3 is 0 Å². The highest BCUT2D eigenvalue weighted by molar-refractivity contribution is 14.1. The molecule has 0 bridgehead atoms. The van der Waals surface area contributed by atoms with E-state index in [1.165, 1.54) is 3.57 Å². The first-order valence-electron chi connectivity index (χ1n) is 5.10. The molecule has 1 amide bonds. The third-order valence-corrected chi connectivity index (χ3v) is 3.42. The second-order valence-electron chi connectivity index (χ2n) is 3.79. The maximum absolute atomic E-state index is 11.8. The maximum Gasteiger partial charge on any atom is 0.251 e. The van der Waals surface area contributed by atoms with Crippen LogP contribution in [0.3, 0.4) is 0 Å². The van der Waals surface area contributed by atoms with Crippen LogP contribution in [0, 0.1) is 10.5 Å². The van der Waals surface area contributed by atoms with Gasteiger partial charge in [-0.2, -0.15) is 0 Å². The third kappa shape index (κ3) is 3.75. The van der Waals surface area contributed by atoms with Gasteiger partial charge in [-0.15, -0.1) is 0 Å². The van der Waals surface area contributed by atoms with Crippen molar-refractivity contribution in [1.82, 2.24) is 5.32 Å². The molecule has 3 nitrogen and oxygen atoms in total. The van der Waals surface area contributed by atoms with Gasteiger partial charge in [0.1, 0.15) is 0 Å². The van der Waals surface area contributed by atoms with E-state index in [4.69, 9.17) is 4.74 Å². The van der Waals surface area contributed by atoms with Crippen LogP contribution in [0.5, 0.6) is 0 Å². The topological polar surface area (TPSA) is 38.3 Å². The summed E-state index contributed by atoms with van der Waals surface area (Å²) in [7, 11) is 1.62. The van der Waals surface area contributed by atoms with Crippen LogP contribution in [-0.2, 0) is 4.74 Å². The van der Waals surface area contributed by atoms with Crippen molar-refractivity contribution in [2.45, 2.75) is 19.9 Å². The lowest BCUT2D eigenvalue weighted by atomic mass is 10.1. The molecule has 1 rings (SSSR count). The van der Waals surface area contributed by atoms with Crippen LogP contribution < -0.4 is 5.32 Å². The number of amides is 1. The zero-order valence-electron chi connectivity index (χ0n) is 9.71. The summed E-state index contributed by atoms with van der Waals surface area (Å²) in [5, 5.41) is 2.88. The van der Waals surface area contributed by atoms with Gasteiger partial charge in [0.25, 0.3) is 5.91 Å². The van der Waals surface area contributed by atoms with Crippen molar-refractivity contribution in [1.29, 1.82) is 0 Å². The SMILES string of the molecule is COC[C@H](C)NC(=O)c1ccc(I)c(C)c1. The van der Waals surface area contributed by atoms with E-state index in [1.54, 1.807) is 7.11 Å². The summed E-state index contributed by atoms with van der Waals surface area (Å²) < 4.78 is 6.13. The summed E-state index contributed by atoms with van der Waals surface area (Å²) in [6.07, 6.45) is 0. The van der Waals surface area contributed by atoms with E-state index in [2.05, 4.69) is 27.9 Å². The van der Waals surface area contributed by atoms with Gasteiger partial charge in [0.2, 0.25) is 0 Å². The molecule has 0 aromatic heterocycles. The maximum atomic E-state index is 11.8. The molecule has 0 aliphatic heterocycles. The van der Waals surface area contributed by atoms with E-state index < -0.39 is 0 Å². The van der Waals surface area contributed by atoms with Crippen molar-refractivity contribution in [3.63, 3.8) is 0 Å². The Morgan fingerprint density at radius 3 is 2.81 bits per heavy atom. The molecule has 1 aromatic carbocycles. The minimum absolute atomic E-state index is 0.0251. The predicted molar refractivity (Wildman–Crippen MR) is 72.7 cm³/mol. The highest BCUT2D eigenvalue weighted by Crippen LogP contribution is 2.13. The lowest BCUT2D eigenvalue weighted by Crippen LogP contribution is -2.35. The number of ether oxygens (including phenoxy) is 1. The number of aryl methyl sites for hydroxylation is 1. The Morgan fingerprint density at radius 1 is 1.56 bits per heavy atom. The van der Waals surface area contributed by atoms with Crippen LogP contribution in [0.25, 0.3) is 0 Å². The highest BCUT2D eigenvalue weighted by atomic mass is 127. The second-order valence-corrected chi connectivity index (χ2v) is 4.96. The lowest BCUT2D eigenvalue weighted by Gasteiger charge is -2.13. The van der Waals surface area contributed by atoms with Gasteiger partial charge in [0.05, 0.1) is 6.61 Å². The van der Waals surface area contributed by atoms with Gasteiger partial charge in [-0.3, -0.25) is 4.79 Å². The molecule has 0 saturated heterocycles. The van der Waals surface area contributed by atoms with Crippen LogP contribution in [0.1, 0.15) is 22.8 Å². The molecule has 1 aromatic rings. The molecule has 1 atom stereocenters. The normalized spacial score (nSPS) is 12.2. The van der Waals surface area contributed by atoms with E-state index in [0.29, 0.717) is 12.2 Å². The van der Waals surface area contributed by atoms with Crippen LogP contribution in [0.4, 0.5) is 0 Å². The molecule has 1 N–H and O–H groups in total. The molecule has 4 heteroatoms. The summed E-state index contributed by atoms with van der Waals surface area (Å²) in [6, 6.07) is 5.71. The van der Waals surface area contributed by atoms with Gasteiger partial charge in [-0.1, -0.05) is 0 Å². The van der Waals surface area contributed by atoms with Crippen LogP contribution in [-0.4, -0.2) is 25.7 Å². The Labute approximate surface area is 110 Å². The number of carbonyl (C=O) groups is 1. The molecule has 0 saturated carbocycles. The van der Waals surface area contributed by atoms with Crippen molar-refractivity contribution in [2.75, 3.05) is 13.7 Å². The van der Waals surface area contributed by atoms with Crippen molar-refractivity contribution >= 4 is 28.5 Å². The first-order valence-corrected chi connectivity index (χ1v) is 6.18. The highest BCUT2D eigenvalue weighted by Gasteiger charge is 2.10. The Hall–Kier alpha value is -0.620. The van der Waals surface area contributed by atoms with Crippen molar-refractivity contribution in [3.05, 3.63) is 32.9 Å². The molecule has 0 spiro atoms. The minimum Gasteiger partial charge on any atom is -0.383 e. The van der Waals surface area contributed by atoms with E-state index in [0.717, 1.165) is 5.56 Å². The first kappa shape index (κ1) is 13.4. The largest absolute Gasteiger partial charge is 0.383 e. The number of methoxy groups -OCH3 is 1. The molecule has 0 unspecified atom stereocenters. The predicted octanol–water partition coefficient (Wildman–Crippen LogP) is 2.36. The average molecular weight is 333 g/mol. The van der Waals surface area contributed by atoms with Gasteiger partial charge in [0, 0.05) is 22.3 Å². The molecule has 0 aliphatic carbocycles. The summed E-state index contributed by atoms with van der Waals surface area (Å²) in [6.45, 7) is 4.44. The second kappa shape index (κ2) is 6.20. The standard InChI is InChI=1S/C12H16INO2/c1-8-6-10(4-5-11(8)13)12(15)14-9(2)7-16-3/h4-6,9H,7H2,1-3H3,(H,14,15)/t9-/m0/s1. The summed E-state index contributed by atoms with van der Waals surface area (Å²) in [5.74, 6) is -0.0518. The number of rotatable bonds is 4. The number of hydrogen-bond donors (Lipinski definition) is 1. The summed E-state index contributed by atoms with van der Waals surface area (Å²) in [4.78, 5) is 11.8. The third-order valence-electron chi connectivity index (χ3n) is 2.21. The molecule has 0 aliphatic rings. The zero-order valence-corrected chi connectivity index (χ0v) is 11.9. The number of halogens is 1. The van der Waals surface area contributed by atoms with Gasteiger partial charge in [-0.25, -0.2) is 0 Å². The fourth-order valence-corrected chi connectivity index (χ4v) is 1.72. The molecule has 88 valence electrons. The molecular weight excluding hydrogens is 317 g/mol. The molecular formula is C12H16INO2. The van der Waals surface area contributed by atoms with Crippen molar-refractivity contribution in [2.24, 2.45) is 0 Å². The Morgan fingerprint density at radius 2 is 2.25 bits per heavy atom. The van der Waals surface area contributed by atoms with Crippen LogP contribution >= 0.6 is 22.6 Å². The van der Waals surface area contributed by atoms with Crippen molar-refractivity contribution < 1.29 is 9.53 Å². The fraction of sp³-hybridized carbons (Fsp3) is 0.417. The summed E-state index contributed by atoms with van der Waals surface area (Å²) >= 11 is 2.25. The molecule has 16 heavy (non-hydrogen) atoms. The van der Waals surface area contributed by atoms with Crippen LogP contribution in [0.2, 0.25) is 0 Å². The molecule has 0 fully saturated rings. The number of hydrogen-bond acceptors (Lipinski definition) is 2. The van der Waals surface area contributed by atoms with Crippen LogP contribution in [0.15, 0.2) is 18.2 Å². The van der Waals surface area contributed by atoms with Gasteiger partial charge in [0.15, 0.2) is 0 Å². The average Bonchev–Trinajstić information content (AvgIpc) is 2.22. The smallest absolute Gasteiger partial charge is 0.251 e. The van der Waals surface area contributed by atoms with E-state index in [-0.39, 0.29) is 11.9 Å².